The molecule has 3 amide bonds. The Morgan fingerprint density at radius 3 is 2.84 bits per heavy atom. The molecule has 0 bridgehead atoms. The van der Waals surface area contributed by atoms with Gasteiger partial charge in [0, 0.05) is 16.4 Å². The maximum absolute atomic E-state index is 12.0. The highest BCUT2D eigenvalue weighted by Crippen LogP contribution is 2.22. The van der Waals surface area contributed by atoms with Gasteiger partial charge in [-0.2, -0.15) is 0 Å². The van der Waals surface area contributed by atoms with Crippen LogP contribution in [0.25, 0.3) is 0 Å². The number of anilines is 2. The van der Waals surface area contributed by atoms with Gasteiger partial charge in [0.2, 0.25) is 0 Å². The van der Waals surface area contributed by atoms with Crippen molar-refractivity contribution in [1.29, 1.82) is 0 Å². The van der Waals surface area contributed by atoms with E-state index in [1.165, 1.54) is 0 Å². The van der Waals surface area contributed by atoms with E-state index in [1.807, 2.05) is 31.2 Å². The minimum atomic E-state index is -0.410. The lowest BCUT2D eigenvalue weighted by Crippen LogP contribution is -2.37. The monoisotopic (exact) mass is 359 g/mol. The molecule has 6 nitrogen and oxygen atoms in total. The molecule has 0 radical (unpaired) electrons. The summed E-state index contributed by atoms with van der Waals surface area (Å²) in [6.45, 7) is 2.57. The predicted molar refractivity (Wildman–Crippen MR) is 97.3 cm³/mol. The van der Waals surface area contributed by atoms with Crippen LogP contribution in [0.3, 0.4) is 0 Å². The Balaban J connectivity index is 1.52. The van der Waals surface area contributed by atoms with Crippen molar-refractivity contribution in [2.75, 3.05) is 23.3 Å². The van der Waals surface area contributed by atoms with Gasteiger partial charge >= 0.3 is 12.1 Å². The first-order valence-corrected chi connectivity index (χ1v) is 8.24. The first kappa shape index (κ1) is 17.1. The molecule has 0 aromatic heterocycles. The van der Waals surface area contributed by atoms with Gasteiger partial charge in [0.05, 0.1) is 13.1 Å². The molecule has 2 N–H and O–H groups in total. The van der Waals surface area contributed by atoms with Crippen LogP contribution in [-0.2, 0) is 4.74 Å². The maximum Gasteiger partial charge on any atom is 0.414 e. The molecule has 1 heterocycles. The van der Waals surface area contributed by atoms with Gasteiger partial charge in [0.25, 0.3) is 0 Å². The summed E-state index contributed by atoms with van der Waals surface area (Å²) in [5.41, 5.74) is 2.44. The Morgan fingerprint density at radius 1 is 1.28 bits per heavy atom. The average Bonchev–Trinajstić information content (AvgIpc) is 2.94. The third kappa shape index (κ3) is 4.42. The molecular formula is C18H18ClN3O3. The molecule has 0 saturated carbocycles. The molecule has 1 fully saturated rings. The Labute approximate surface area is 150 Å². The van der Waals surface area contributed by atoms with Gasteiger partial charge in [-0.3, -0.25) is 4.90 Å². The second kappa shape index (κ2) is 7.44. The first-order chi connectivity index (χ1) is 12.0. The van der Waals surface area contributed by atoms with E-state index in [2.05, 4.69) is 10.6 Å². The summed E-state index contributed by atoms with van der Waals surface area (Å²) < 4.78 is 5.31. The van der Waals surface area contributed by atoms with Crippen molar-refractivity contribution in [1.82, 2.24) is 5.32 Å². The van der Waals surface area contributed by atoms with Crippen molar-refractivity contribution in [2.24, 2.45) is 0 Å². The molecule has 25 heavy (non-hydrogen) atoms. The fraction of sp³-hybridized carbons (Fsp3) is 0.222. The maximum atomic E-state index is 12.0. The van der Waals surface area contributed by atoms with Crippen LogP contribution in [0.4, 0.5) is 21.0 Å². The number of hydrogen-bond donors (Lipinski definition) is 2. The summed E-state index contributed by atoms with van der Waals surface area (Å²) in [5.74, 6) is 0. The zero-order chi connectivity index (χ0) is 17.8. The molecule has 2 aromatic rings. The lowest BCUT2D eigenvalue weighted by molar-refractivity contribution is 0.141. The third-order valence-corrected chi connectivity index (χ3v) is 4.00. The van der Waals surface area contributed by atoms with Gasteiger partial charge in [-0.15, -0.1) is 0 Å². The van der Waals surface area contributed by atoms with E-state index in [-0.39, 0.29) is 12.6 Å². The van der Waals surface area contributed by atoms with Crippen molar-refractivity contribution in [3.8, 4) is 0 Å². The standard InChI is InChI=1S/C18H18ClN3O3/c1-12-4-2-7-15(8-12)22-11-16(25-18(22)24)10-20-17(23)21-14-6-3-5-13(19)9-14/h2-9,16H,10-11H2,1H3,(H2,20,21,23). The van der Waals surface area contributed by atoms with E-state index >= 15 is 0 Å². The fourth-order valence-electron chi connectivity index (χ4n) is 2.58. The van der Waals surface area contributed by atoms with Gasteiger partial charge < -0.3 is 15.4 Å². The molecule has 1 aliphatic rings. The highest BCUT2D eigenvalue weighted by atomic mass is 35.5. The molecule has 0 aliphatic carbocycles. The van der Waals surface area contributed by atoms with E-state index in [4.69, 9.17) is 16.3 Å². The van der Waals surface area contributed by atoms with E-state index in [9.17, 15) is 9.59 Å². The number of aryl methyl sites for hydroxylation is 1. The molecule has 1 atom stereocenters. The molecule has 1 saturated heterocycles. The van der Waals surface area contributed by atoms with Crippen LogP contribution in [0.5, 0.6) is 0 Å². The number of amides is 3. The van der Waals surface area contributed by atoms with E-state index in [0.29, 0.717) is 17.3 Å². The van der Waals surface area contributed by atoms with Crippen molar-refractivity contribution < 1.29 is 14.3 Å². The molecular weight excluding hydrogens is 342 g/mol. The fourth-order valence-corrected chi connectivity index (χ4v) is 2.77. The highest BCUT2D eigenvalue weighted by Gasteiger charge is 2.32. The van der Waals surface area contributed by atoms with Gasteiger partial charge in [-0.1, -0.05) is 29.8 Å². The first-order valence-electron chi connectivity index (χ1n) is 7.86. The summed E-state index contributed by atoms with van der Waals surface area (Å²) in [7, 11) is 0. The SMILES string of the molecule is Cc1cccc(N2CC(CNC(=O)Nc3cccc(Cl)c3)OC2=O)c1. The lowest BCUT2D eigenvalue weighted by Gasteiger charge is -2.14. The zero-order valence-corrected chi connectivity index (χ0v) is 14.4. The molecule has 0 spiro atoms. The molecule has 1 unspecified atom stereocenters. The summed E-state index contributed by atoms with van der Waals surface area (Å²) >= 11 is 5.88. The van der Waals surface area contributed by atoms with Crippen LogP contribution in [0, 0.1) is 6.92 Å². The molecule has 130 valence electrons. The number of carbonyl (C=O) groups excluding carboxylic acids is 2. The summed E-state index contributed by atoms with van der Waals surface area (Å²) in [5, 5.41) is 5.92. The number of nitrogens with one attached hydrogen (secondary N) is 2. The second-order valence-corrected chi connectivity index (χ2v) is 6.24. The molecule has 1 aliphatic heterocycles. The van der Waals surface area contributed by atoms with Crippen molar-refractivity contribution in [3.05, 3.63) is 59.1 Å². The largest absolute Gasteiger partial charge is 0.442 e. The van der Waals surface area contributed by atoms with Crippen LogP contribution in [0.1, 0.15) is 5.56 Å². The third-order valence-electron chi connectivity index (χ3n) is 3.76. The number of rotatable bonds is 4. The highest BCUT2D eigenvalue weighted by molar-refractivity contribution is 6.30. The van der Waals surface area contributed by atoms with Crippen LogP contribution < -0.4 is 15.5 Å². The van der Waals surface area contributed by atoms with Crippen LogP contribution in [0.15, 0.2) is 48.5 Å². The number of halogens is 1. The van der Waals surface area contributed by atoms with Crippen molar-refractivity contribution in [3.63, 3.8) is 0 Å². The van der Waals surface area contributed by atoms with Crippen molar-refractivity contribution in [2.45, 2.75) is 13.0 Å². The van der Waals surface area contributed by atoms with Gasteiger partial charge in [-0.05, 0) is 42.8 Å². The average molecular weight is 360 g/mol. The second-order valence-electron chi connectivity index (χ2n) is 5.80. The normalized spacial score (nSPS) is 16.5. The van der Waals surface area contributed by atoms with E-state index in [0.717, 1.165) is 11.3 Å². The predicted octanol–water partition coefficient (Wildman–Crippen LogP) is 3.80. The number of nitrogens with zero attached hydrogens (tertiary/aromatic N) is 1. The topological polar surface area (TPSA) is 70.7 Å². The number of ether oxygens (including phenoxy) is 1. The van der Waals surface area contributed by atoms with E-state index in [1.54, 1.807) is 29.2 Å². The van der Waals surface area contributed by atoms with Crippen LogP contribution in [-0.4, -0.2) is 31.3 Å². The quantitative estimate of drug-likeness (QED) is 0.872. The minimum absolute atomic E-state index is 0.223. The van der Waals surface area contributed by atoms with Crippen LogP contribution >= 0.6 is 11.6 Å². The zero-order valence-electron chi connectivity index (χ0n) is 13.7. The number of hydrogen-bond acceptors (Lipinski definition) is 3. The Kier molecular flexibility index (Phi) is 5.09. The number of benzene rings is 2. The summed E-state index contributed by atoms with van der Waals surface area (Å²) in [4.78, 5) is 25.5. The Hall–Kier alpha value is -2.73. The molecule has 2 aromatic carbocycles. The molecule has 3 rings (SSSR count). The summed E-state index contributed by atoms with van der Waals surface area (Å²) in [6.07, 6.45) is -0.814. The number of carbonyl (C=O) groups is 2. The Bertz CT molecular complexity index is 797. The van der Waals surface area contributed by atoms with Crippen LogP contribution in [0.2, 0.25) is 5.02 Å². The summed E-state index contributed by atoms with van der Waals surface area (Å²) in [6, 6.07) is 14.1. The smallest absolute Gasteiger partial charge is 0.414 e. The Morgan fingerprint density at radius 2 is 2.08 bits per heavy atom. The van der Waals surface area contributed by atoms with Gasteiger partial charge in [-0.25, -0.2) is 9.59 Å². The number of urea groups is 1. The van der Waals surface area contributed by atoms with E-state index < -0.39 is 12.2 Å². The van der Waals surface area contributed by atoms with Gasteiger partial charge in [0.1, 0.15) is 6.10 Å². The van der Waals surface area contributed by atoms with Crippen molar-refractivity contribution >= 4 is 35.1 Å². The lowest BCUT2D eigenvalue weighted by atomic mass is 10.2. The molecule has 7 heteroatoms. The minimum Gasteiger partial charge on any atom is -0.442 e. The van der Waals surface area contributed by atoms with Gasteiger partial charge in [0.15, 0.2) is 0 Å². The number of cyclic esters (lactones) is 1.